The molecule has 1 aromatic carbocycles. The summed E-state index contributed by atoms with van der Waals surface area (Å²) in [6.07, 6.45) is 2.51. The van der Waals surface area contributed by atoms with E-state index in [0.29, 0.717) is 12.5 Å². The molecular formula is C16H18N2O2S. The zero-order valence-electron chi connectivity index (χ0n) is 12.0. The Morgan fingerprint density at radius 1 is 1.43 bits per heavy atom. The van der Waals surface area contributed by atoms with Crippen molar-refractivity contribution in [2.75, 3.05) is 6.61 Å². The number of hydrogen-bond donors (Lipinski definition) is 1. The molecule has 0 atom stereocenters. The molecule has 1 N–H and O–H groups in total. The number of para-hydroxylation sites is 1. The number of thiazole rings is 1. The van der Waals surface area contributed by atoms with Crippen molar-refractivity contribution >= 4 is 17.2 Å². The smallest absolute Gasteiger partial charge is 0.258 e. The number of carbonyl (C=O) groups excluding carboxylic acids is 1. The highest BCUT2D eigenvalue weighted by Crippen LogP contribution is 2.41. The standard InChI is InChI=1S/C16H18N2O2S/c1-11-4-2-3-5-14(11)20-9-15(19)17-8-13-10-21-16(18-13)12-6-7-12/h2-5,10,12H,6-9H2,1H3,(H,17,19). The van der Waals surface area contributed by atoms with Crippen molar-refractivity contribution in [1.29, 1.82) is 0 Å². The number of nitrogens with one attached hydrogen (secondary N) is 1. The van der Waals surface area contributed by atoms with Crippen molar-refractivity contribution < 1.29 is 9.53 Å². The van der Waals surface area contributed by atoms with Crippen LogP contribution in [0.15, 0.2) is 29.6 Å². The molecule has 1 heterocycles. The lowest BCUT2D eigenvalue weighted by atomic mass is 10.2. The molecule has 1 amide bonds. The van der Waals surface area contributed by atoms with Crippen LogP contribution in [0.4, 0.5) is 0 Å². The molecule has 0 spiro atoms. The number of benzene rings is 1. The number of ether oxygens (including phenoxy) is 1. The first-order valence-corrected chi connectivity index (χ1v) is 8.00. The number of aromatic nitrogens is 1. The summed E-state index contributed by atoms with van der Waals surface area (Å²) >= 11 is 1.69. The van der Waals surface area contributed by atoms with Crippen LogP contribution in [-0.2, 0) is 11.3 Å². The van der Waals surface area contributed by atoms with Crippen LogP contribution in [0.25, 0.3) is 0 Å². The molecule has 0 saturated heterocycles. The minimum absolute atomic E-state index is 0.0322. The number of carbonyl (C=O) groups is 1. The molecule has 5 heteroatoms. The van der Waals surface area contributed by atoms with Gasteiger partial charge in [-0.3, -0.25) is 4.79 Å². The Morgan fingerprint density at radius 2 is 2.24 bits per heavy atom. The van der Waals surface area contributed by atoms with E-state index in [1.807, 2.05) is 36.6 Å². The van der Waals surface area contributed by atoms with E-state index < -0.39 is 0 Å². The van der Waals surface area contributed by atoms with Crippen molar-refractivity contribution in [2.24, 2.45) is 0 Å². The Labute approximate surface area is 128 Å². The molecule has 110 valence electrons. The molecule has 1 saturated carbocycles. The van der Waals surface area contributed by atoms with Gasteiger partial charge in [0.2, 0.25) is 0 Å². The van der Waals surface area contributed by atoms with Crippen LogP contribution in [0.1, 0.15) is 35.0 Å². The first-order valence-electron chi connectivity index (χ1n) is 7.12. The van der Waals surface area contributed by atoms with Crippen molar-refractivity contribution in [1.82, 2.24) is 10.3 Å². The molecular weight excluding hydrogens is 284 g/mol. The summed E-state index contributed by atoms with van der Waals surface area (Å²) in [5, 5.41) is 6.07. The number of hydrogen-bond acceptors (Lipinski definition) is 4. The summed E-state index contributed by atoms with van der Waals surface area (Å²) in [5.41, 5.74) is 1.96. The fraction of sp³-hybridized carbons (Fsp3) is 0.375. The van der Waals surface area contributed by atoms with Crippen molar-refractivity contribution in [3.8, 4) is 5.75 Å². The highest BCUT2D eigenvalue weighted by atomic mass is 32.1. The number of amides is 1. The van der Waals surface area contributed by atoms with Crippen molar-refractivity contribution in [3.05, 3.63) is 45.9 Å². The fourth-order valence-electron chi connectivity index (χ4n) is 2.02. The van der Waals surface area contributed by atoms with Gasteiger partial charge in [0.05, 0.1) is 17.2 Å². The summed E-state index contributed by atoms with van der Waals surface area (Å²) < 4.78 is 5.51. The van der Waals surface area contributed by atoms with Gasteiger partial charge < -0.3 is 10.1 Å². The van der Waals surface area contributed by atoms with Crippen molar-refractivity contribution in [2.45, 2.75) is 32.2 Å². The molecule has 1 aliphatic rings. The van der Waals surface area contributed by atoms with E-state index in [1.54, 1.807) is 11.3 Å². The molecule has 4 nitrogen and oxygen atoms in total. The number of nitrogens with zero attached hydrogens (tertiary/aromatic N) is 1. The maximum atomic E-state index is 11.8. The summed E-state index contributed by atoms with van der Waals surface area (Å²) in [6, 6.07) is 7.67. The molecule has 0 radical (unpaired) electrons. The monoisotopic (exact) mass is 302 g/mol. The molecule has 0 bridgehead atoms. The van der Waals surface area contributed by atoms with E-state index in [0.717, 1.165) is 17.0 Å². The second kappa shape index (κ2) is 6.26. The van der Waals surface area contributed by atoms with E-state index in [4.69, 9.17) is 4.74 Å². The Hall–Kier alpha value is -1.88. The van der Waals surface area contributed by atoms with Gasteiger partial charge in [-0.1, -0.05) is 18.2 Å². The first-order chi connectivity index (χ1) is 10.2. The predicted molar refractivity (Wildman–Crippen MR) is 82.6 cm³/mol. The lowest BCUT2D eigenvalue weighted by Gasteiger charge is -2.08. The van der Waals surface area contributed by atoms with Crippen molar-refractivity contribution in [3.63, 3.8) is 0 Å². The minimum atomic E-state index is -0.126. The summed E-state index contributed by atoms with van der Waals surface area (Å²) in [5.74, 6) is 1.29. The molecule has 0 unspecified atom stereocenters. The molecule has 0 aliphatic heterocycles. The van der Waals surface area contributed by atoms with Crippen LogP contribution < -0.4 is 10.1 Å². The Morgan fingerprint density at radius 3 is 3.00 bits per heavy atom. The van der Waals surface area contributed by atoms with Crippen LogP contribution in [0.2, 0.25) is 0 Å². The molecule has 1 aromatic heterocycles. The lowest BCUT2D eigenvalue weighted by Crippen LogP contribution is -2.28. The zero-order valence-corrected chi connectivity index (χ0v) is 12.8. The van der Waals surface area contributed by atoms with Gasteiger partial charge in [0, 0.05) is 11.3 Å². The normalized spacial score (nSPS) is 14.0. The summed E-state index contributed by atoms with van der Waals surface area (Å²) in [7, 11) is 0. The zero-order chi connectivity index (χ0) is 14.7. The Balaban J connectivity index is 1.44. The third-order valence-electron chi connectivity index (χ3n) is 3.42. The molecule has 1 fully saturated rings. The van der Waals surface area contributed by atoms with Gasteiger partial charge in [0.25, 0.3) is 5.91 Å². The fourth-order valence-corrected chi connectivity index (χ4v) is 3.01. The second-order valence-electron chi connectivity index (χ2n) is 5.28. The van der Waals surface area contributed by atoms with Crippen LogP contribution in [0.5, 0.6) is 5.75 Å². The van der Waals surface area contributed by atoms with Crippen LogP contribution in [0, 0.1) is 6.92 Å². The Bertz CT molecular complexity index is 635. The summed E-state index contributed by atoms with van der Waals surface area (Å²) in [4.78, 5) is 16.3. The SMILES string of the molecule is Cc1ccccc1OCC(=O)NCc1csc(C2CC2)n1. The van der Waals surface area contributed by atoms with E-state index in [2.05, 4.69) is 10.3 Å². The van der Waals surface area contributed by atoms with E-state index in [1.165, 1.54) is 17.8 Å². The topological polar surface area (TPSA) is 51.2 Å². The number of aryl methyl sites for hydroxylation is 1. The Kier molecular flexibility index (Phi) is 4.20. The summed E-state index contributed by atoms with van der Waals surface area (Å²) in [6.45, 7) is 2.46. The minimum Gasteiger partial charge on any atom is -0.484 e. The predicted octanol–water partition coefficient (Wildman–Crippen LogP) is 3.02. The second-order valence-corrected chi connectivity index (χ2v) is 6.17. The highest BCUT2D eigenvalue weighted by Gasteiger charge is 2.26. The van der Waals surface area contributed by atoms with Gasteiger partial charge >= 0.3 is 0 Å². The molecule has 3 rings (SSSR count). The van der Waals surface area contributed by atoms with Gasteiger partial charge in [-0.25, -0.2) is 4.98 Å². The van der Waals surface area contributed by atoms with Gasteiger partial charge in [-0.2, -0.15) is 0 Å². The van der Waals surface area contributed by atoms with Gasteiger partial charge in [0.1, 0.15) is 5.75 Å². The molecule has 2 aromatic rings. The van der Waals surface area contributed by atoms with Gasteiger partial charge in [-0.05, 0) is 31.4 Å². The quantitative estimate of drug-likeness (QED) is 0.892. The average molecular weight is 302 g/mol. The van der Waals surface area contributed by atoms with Gasteiger partial charge in [0.15, 0.2) is 6.61 Å². The van der Waals surface area contributed by atoms with Gasteiger partial charge in [-0.15, -0.1) is 11.3 Å². The third kappa shape index (κ3) is 3.82. The molecule has 1 aliphatic carbocycles. The average Bonchev–Trinajstić information content (AvgIpc) is 3.23. The van der Waals surface area contributed by atoms with E-state index >= 15 is 0 Å². The van der Waals surface area contributed by atoms with E-state index in [-0.39, 0.29) is 12.5 Å². The number of rotatable bonds is 6. The lowest BCUT2D eigenvalue weighted by molar-refractivity contribution is -0.123. The maximum absolute atomic E-state index is 11.8. The van der Waals surface area contributed by atoms with E-state index in [9.17, 15) is 4.79 Å². The highest BCUT2D eigenvalue weighted by molar-refractivity contribution is 7.09. The first kappa shape index (κ1) is 14.1. The van der Waals surface area contributed by atoms with Crippen LogP contribution >= 0.6 is 11.3 Å². The molecule has 21 heavy (non-hydrogen) atoms. The maximum Gasteiger partial charge on any atom is 0.258 e. The largest absolute Gasteiger partial charge is 0.484 e. The third-order valence-corrected chi connectivity index (χ3v) is 4.47. The van der Waals surface area contributed by atoms with Crippen LogP contribution in [-0.4, -0.2) is 17.5 Å². The van der Waals surface area contributed by atoms with Crippen LogP contribution in [0.3, 0.4) is 0 Å².